The molecule has 3 aromatic rings. The highest BCUT2D eigenvalue weighted by atomic mass is 16.6. The predicted octanol–water partition coefficient (Wildman–Crippen LogP) is 5.08. The monoisotopic (exact) mass is 452 g/mol. The van der Waals surface area contributed by atoms with Gasteiger partial charge in [-0.1, -0.05) is 30.3 Å². The highest BCUT2D eigenvalue weighted by molar-refractivity contribution is 5.87. The maximum absolute atomic E-state index is 12.1. The van der Waals surface area contributed by atoms with Crippen LogP contribution in [0.5, 0.6) is 17.2 Å². The molecule has 3 rings (SSSR count). The Morgan fingerprint density at radius 2 is 1.76 bits per heavy atom. The third-order valence-corrected chi connectivity index (χ3v) is 4.37. The molecule has 8 nitrogen and oxygen atoms in total. The molecule has 174 valence electrons. The third kappa shape index (κ3) is 6.83. The van der Waals surface area contributed by atoms with Gasteiger partial charge in [-0.05, 0) is 56.2 Å². The van der Waals surface area contributed by atoms with Crippen LogP contribution in [0.15, 0.2) is 53.1 Å². The molecule has 2 aromatic carbocycles. The van der Waals surface area contributed by atoms with E-state index >= 15 is 0 Å². The quantitative estimate of drug-likeness (QED) is 0.277. The Labute approximate surface area is 193 Å². The number of ether oxygens (including phenoxy) is 4. The summed E-state index contributed by atoms with van der Waals surface area (Å²) in [7, 11) is 0. The number of hydrogen-bond acceptors (Lipinski definition) is 8. The number of hydrogen-bond donors (Lipinski definition) is 0. The largest absolute Gasteiger partial charge is 0.493 e. The number of carbonyl (C=O) groups excluding carboxylic acids is 1. The Kier molecular flexibility index (Phi) is 8.88. The highest BCUT2D eigenvalue weighted by Crippen LogP contribution is 2.29. The molecular formula is C25H28N2O6. The lowest BCUT2D eigenvalue weighted by Crippen LogP contribution is -2.01. The zero-order chi connectivity index (χ0) is 23.5. The van der Waals surface area contributed by atoms with Gasteiger partial charge in [0, 0.05) is 6.08 Å². The first-order valence-electron chi connectivity index (χ1n) is 10.9. The summed E-state index contributed by atoms with van der Waals surface area (Å²) >= 11 is 0. The molecule has 0 unspecified atom stereocenters. The minimum Gasteiger partial charge on any atom is -0.493 e. The fraction of sp³-hybridized carbons (Fsp3) is 0.320. The Hall–Kier alpha value is -3.81. The van der Waals surface area contributed by atoms with Gasteiger partial charge in [-0.3, -0.25) is 0 Å². The van der Waals surface area contributed by atoms with Crippen LogP contribution >= 0.6 is 0 Å². The molecule has 0 atom stereocenters. The molecule has 8 heteroatoms. The van der Waals surface area contributed by atoms with Crippen LogP contribution in [-0.4, -0.2) is 35.9 Å². The molecule has 0 amide bonds. The Morgan fingerprint density at radius 3 is 2.55 bits per heavy atom. The predicted molar refractivity (Wildman–Crippen MR) is 123 cm³/mol. The number of nitrogens with zero attached hydrogens (tertiary/aromatic N) is 2. The Bertz CT molecular complexity index is 1080. The Morgan fingerprint density at radius 1 is 0.970 bits per heavy atom. The maximum Gasteiger partial charge on any atom is 0.331 e. The van der Waals surface area contributed by atoms with E-state index in [1.165, 1.54) is 6.08 Å². The number of para-hydroxylation sites is 1. The number of carbonyl (C=O) groups is 1. The first kappa shape index (κ1) is 23.8. The molecule has 0 saturated carbocycles. The smallest absolute Gasteiger partial charge is 0.331 e. The normalized spacial score (nSPS) is 10.9. The number of rotatable bonds is 12. The van der Waals surface area contributed by atoms with Crippen LogP contribution in [0.2, 0.25) is 0 Å². The molecule has 0 spiro atoms. The van der Waals surface area contributed by atoms with Crippen LogP contribution < -0.4 is 14.2 Å². The van der Waals surface area contributed by atoms with E-state index < -0.39 is 5.97 Å². The minimum absolute atomic E-state index is 0.138. The van der Waals surface area contributed by atoms with Crippen molar-refractivity contribution in [3.8, 4) is 28.6 Å². The van der Waals surface area contributed by atoms with Crippen LogP contribution in [0.1, 0.15) is 38.6 Å². The molecular weight excluding hydrogens is 424 g/mol. The van der Waals surface area contributed by atoms with Crippen LogP contribution in [0.25, 0.3) is 17.5 Å². The molecule has 0 aliphatic carbocycles. The van der Waals surface area contributed by atoms with E-state index in [4.69, 9.17) is 23.5 Å². The third-order valence-electron chi connectivity index (χ3n) is 4.37. The SMILES string of the molecule is CCCOc1ccc(/C=C/C(=O)OCc2nc(-c3ccccc3OCC)no2)cc1OCC. The lowest BCUT2D eigenvalue weighted by atomic mass is 10.2. The second kappa shape index (κ2) is 12.3. The summed E-state index contributed by atoms with van der Waals surface area (Å²) < 4.78 is 27.3. The average Bonchev–Trinajstić information content (AvgIpc) is 3.30. The first-order valence-corrected chi connectivity index (χ1v) is 10.9. The Balaban J connectivity index is 1.59. The van der Waals surface area contributed by atoms with Gasteiger partial charge in [0.2, 0.25) is 5.82 Å². The van der Waals surface area contributed by atoms with Crippen molar-refractivity contribution in [2.75, 3.05) is 19.8 Å². The van der Waals surface area contributed by atoms with Gasteiger partial charge in [0.25, 0.3) is 5.89 Å². The minimum atomic E-state index is -0.534. The summed E-state index contributed by atoms with van der Waals surface area (Å²) in [6.07, 6.45) is 3.88. The summed E-state index contributed by atoms with van der Waals surface area (Å²) in [5, 5.41) is 3.96. The molecule has 0 aliphatic rings. The molecule has 0 saturated heterocycles. The average molecular weight is 453 g/mol. The molecule has 0 fully saturated rings. The first-order chi connectivity index (χ1) is 16.1. The number of aromatic nitrogens is 2. The molecule has 0 aliphatic heterocycles. The van der Waals surface area contributed by atoms with E-state index in [1.807, 2.05) is 63.2 Å². The van der Waals surface area contributed by atoms with Gasteiger partial charge >= 0.3 is 5.97 Å². The highest BCUT2D eigenvalue weighted by Gasteiger charge is 2.14. The summed E-state index contributed by atoms with van der Waals surface area (Å²) in [6.45, 7) is 7.35. The molecule has 1 heterocycles. The van der Waals surface area contributed by atoms with Gasteiger partial charge in [0.05, 0.1) is 25.4 Å². The lowest BCUT2D eigenvalue weighted by molar-refractivity contribution is -0.139. The van der Waals surface area contributed by atoms with Crippen molar-refractivity contribution in [3.63, 3.8) is 0 Å². The van der Waals surface area contributed by atoms with E-state index in [0.717, 1.165) is 12.0 Å². The van der Waals surface area contributed by atoms with Gasteiger partial charge < -0.3 is 23.5 Å². The number of esters is 1. The standard InChI is InChI=1S/C25H28N2O6/c1-4-15-31-21-13-11-18(16-22(21)30-6-3)12-14-24(28)32-17-23-26-25(27-33-23)19-9-7-8-10-20(19)29-5-2/h7-14,16H,4-6,15,17H2,1-3H3/b14-12+. The molecule has 33 heavy (non-hydrogen) atoms. The molecule has 0 N–H and O–H groups in total. The van der Waals surface area contributed by atoms with Crippen LogP contribution in [0, 0.1) is 0 Å². The summed E-state index contributed by atoms with van der Waals surface area (Å²) in [4.78, 5) is 16.4. The van der Waals surface area contributed by atoms with Gasteiger partial charge in [0.1, 0.15) is 5.75 Å². The van der Waals surface area contributed by atoms with Gasteiger partial charge in [-0.2, -0.15) is 4.98 Å². The zero-order valence-electron chi connectivity index (χ0n) is 19.1. The van der Waals surface area contributed by atoms with E-state index in [9.17, 15) is 4.79 Å². The van der Waals surface area contributed by atoms with Crippen molar-refractivity contribution in [1.82, 2.24) is 10.1 Å². The van der Waals surface area contributed by atoms with Gasteiger partial charge in [-0.15, -0.1) is 0 Å². The second-order valence-corrected chi connectivity index (χ2v) is 6.87. The summed E-state index contributed by atoms with van der Waals surface area (Å²) in [5.74, 6) is 1.99. The number of benzene rings is 2. The van der Waals surface area contributed by atoms with Crippen molar-refractivity contribution >= 4 is 12.0 Å². The van der Waals surface area contributed by atoms with Crippen LogP contribution in [-0.2, 0) is 16.1 Å². The topological polar surface area (TPSA) is 92.9 Å². The fourth-order valence-corrected chi connectivity index (χ4v) is 2.93. The molecule has 0 radical (unpaired) electrons. The molecule has 1 aromatic heterocycles. The van der Waals surface area contributed by atoms with Crippen LogP contribution in [0.4, 0.5) is 0 Å². The van der Waals surface area contributed by atoms with Crippen molar-refractivity contribution in [2.24, 2.45) is 0 Å². The van der Waals surface area contributed by atoms with Crippen LogP contribution in [0.3, 0.4) is 0 Å². The van der Waals surface area contributed by atoms with Crippen molar-refractivity contribution in [1.29, 1.82) is 0 Å². The van der Waals surface area contributed by atoms with E-state index in [0.29, 0.717) is 48.5 Å². The fourth-order valence-electron chi connectivity index (χ4n) is 2.93. The van der Waals surface area contributed by atoms with E-state index in [-0.39, 0.29) is 12.5 Å². The lowest BCUT2D eigenvalue weighted by Gasteiger charge is -2.11. The van der Waals surface area contributed by atoms with Crippen molar-refractivity contribution in [3.05, 3.63) is 60.0 Å². The zero-order valence-corrected chi connectivity index (χ0v) is 19.1. The summed E-state index contributed by atoms with van der Waals surface area (Å²) in [5.41, 5.74) is 1.49. The second-order valence-electron chi connectivity index (χ2n) is 6.87. The van der Waals surface area contributed by atoms with Crippen molar-refractivity contribution in [2.45, 2.75) is 33.8 Å². The van der Waals surface area contributed by atoms with E-state index in [2.05, 4.69) is 10.1 Å². The van der Waals surface area contributed by atoms with Gasteiger partial charge in [-0.25, -0.2) is 4.79 Å². The van der Waals surface area contributed by atoms with E-state index in [1.54, 1.807) is 6.08 Å². The van der Waals surface area contributed by atoms with Crippen molar-refractivity contribution < 1.29 is 28.3 Å². The maximum atomic E-state index is 12.1. The summed E-state index contributed by atoms with van der Waals surface area (Å²) in [6, 6.07) is 12.9. The van der Waals surface area contributed by atoms with Gasteiger partial charge in [0.15, 0.2) is 18.1 Å². The molecule has 0 bridgehead atoms.